The predicted molar refractivity (Wildman–Crippen MR) is 82.3 cm³/mol. The largest absolute Gasteiger partial charge is 0.370 e. The highest BCUT2D eigenvalue weighted by molar-refractivity contribution is 9.10. The second kappa shape index (κ2) is 6.23. The third-order valence-electron chi connectivity index (χ3n) is 3.81. The number of benzene rings is 1. The molecule has 1 aliphatic heterocycles. The number of nitrogens with zero attached hydrogens (tertiary/aromatic N) is 1. The standard InChI is InChI=1S/C15H22BrFN2/c1-10(2)14-9-19(6-4-5-18-14)15-8-13(17)12(16)7-11(15)3/h7-8,10,14,18H,4-6,9H2,1-3H3. The molecule has 1 fully saturated rings. The normalized spacial score (nSPS) is 20.7. The number of anilines is 1. The van der Waals surface area contributed by atoms with E-state index in [0.717, 1.165) is 37.3 Å². The summed E-state index contributed by atoms with van der Waals surface area (Å²) in [5, 5.41) is 3.58. The molecule has 0 aliphatic carbocycles. The first-order chi connectivity index (χ1) is 8.99. The van der Waals surface area contributed by atoms with Gasteiger partial charge in [0.2, 0.25) is 0 Å². The van der Waals surface area contributed by atoms with E-state index in [9.17, 15) is 4.39 Å². The van der Waals surface area contributed by atoms with Gasteiger partial charge in [0.15, 0.2) is 0 Å². The number of rotatable bonds is 2. The first-order valence-electron chi connectivity index (χ1n) is 6.93. The van der Waals surface area contributed by atoms with Crippen molar-refractivity contribution < 1.29 is 4.39 Å². The molecule has 0 aromatic heterocycles. The van der Waals surface area contributed by atoms with Crippen molar-refractivity contribution in [2.24, 2.45) is 5.92 Å². The second-order valence-electron chi connectivity index (χ2n) is 5.66. The molecule has 1 saturated heterocycles. The van der Waals surface area contributed by atoms with Gasteiger partial charge in [-0.25, -0.2) is 4.39 Å². The van der Waals surface area contributed by atoms with Crippen molar-refractivity contribution in [1.82, 2.24) is 5.32 Å². The fourth-order valence-corrected chi connectivity index (χ4v) is 3.05. The van der Waals surface area contributed by atoms with Crippen LogP contribution >= 0.6 is 15.9 Å². The summed E-state index contributed by atoms with van der Waals surface area (Å²) < 4.78 is 14.3. The number of hydrogen-bond donors (Lipinski definition) is 1. The number of nitrogens with one attached hydrogen (secondary N) is 1. The van der Waals surface area contributed by atoms with Gasteiger partial charge in [0.05, 0.1) is 4.47 Å². The zero-order valence-electron chi connectivity index (χ0n) is 11.8. The topological polar surface area (TPSA) is 15.3 Å². The molecule has 0 amide bonds. The maximum absolute atomic E-state index is 13.8. The molecule has 1 atom stereocenters. The van der Waals surface area contributed by atoms with E-state index >= 15 is 0 Å². The lowest BCUT2D eigenvalue weighted by Gasteiger charge is -2.29. The van der Waals surface area contributed by atoms with Gasteiger partial charge in [0.25, 0.3) is 0 Å². The molecule has 1 N–H and O–H groups in total. The molecular formula is C15H22BrFN2. The first-order valence-corrected chi connectivity index (χ1v) is 7.72. The smallest absolute Gasteiger partial charge is 0.139 e. The number of halogens is 2. The van der Waals surface area contributed by atoms with Gasteiger partial charge in [-0.1, -0.05) is 13.8 Å². The first kappa shape index (κ1) is 14.8. The van der Waals surface area contributed by atoms with Gasteiger partial charge in [-0.3, -0.25) is 0 Å². The van der Waals surface area contributed by atoms with Crippen molar-refractivity contribution in [2.75, 3.05) is 24.5 Å². The van der Waals surface area contributed by atoms with Crippen LogP contribution in [0.4, 0.5) is 10.1 Å². The van der Waals surface area contributed by atoms with E-state index in [1.54, 1.807) is 6.07 Å². The Morgan fingerprint density at radius 3 is 2.84 bits per heavy atom. The Morgan fingerprint density at radius 1 is 1.42 bits per heavy atom. The summed E-state index contributed by atoms with van der Waals surface area (Å²) in [6, 6.07) is 3.99. The molecule has 1 aromatic rings. The van der Waals surface area contributed by atoms with Gasteiger partial charge in [-0.05, 0) is 59.4 Å². The molecule has 4 heteroatoms. The van der Waals surface area contributed by atoms with E-state index in [1.165, 1.54) is 0 Å². The number of aryl methyl sites for hydroxylation is 1. The van der Waals surface area contributed by atoms with Crippen LogP contribution < -0.4 is 10.2 Å². The monoisotopic (exact) mass is 328 g/mol. The summed E-state index contributed by atoms with van der Waals surface area (Å²) in [5.74, 6) is 0.403. The lowest BCUT2D eigenvalue weighted by molar-refractivity contribution is 0.420. The van der Waals surface area contributed by atoms with Crippen LogP contribution in [0.5, 0.6) is 0 Å². The van der Waals surface area contributed by atoms with Crippen LogP contribution in [-0.2, 0) is 0 Å². The van der Waals surface area contributed by atoms with Crippen molar-refractivity contribution >= 4 is 21.6 Å². The molecule has 2 rings (SSSR count). The van der Waals surface area contributed by atoms with Crippen LogP contribution in [0.15, 0.2) is 16.6 Å². The Kier molecular flexibility index (Phi) is 4.85. The Bertz CT molecular complexity index is 448. The van der Waals surface area contributed by atoms with E-state index in [0.29, 0.717) is 16.4 Å². The molecule has 0 spiro atoms. The van der Waals surface area contributed by atoms with Crippen LogP contribution in [-0.4, -0.2) is 25.7 Å². The molecule has 1 unspecified atom stereocenters. The molecule has 1 heterocycles. The summed E-state index contributed by atoms with van der Waals surface area (Å²) >= 11 is 3.25. The number of hydrogen-bond acceptors (Lipinski definition) is 2. The fourth-order valence-electron chi connectivity index (χ4n) is 2.59. The molecule has 0 bridgehead atoms. The maximum Gasteiger partial charge on any atom is 0.139 e. The van der Waals surface area contributed by atoms with E-state index in [4.69, 9.17) is 0 Å². The van der Waals surface area contributed by atoms with Gasteiger partial charge in [0.1, 0.15) is 5.82 Å². The lowest BCUT2D eigenvalue weighted by atomic mass is 10.0. The van der Waals surface area contributed by atoms with Crippen LogP contribution in [0.3, 0.4) is 0 Å². The molecule has 106 valence electrons. The minimum Gasteiger partial charge on any atom is -0.370 e. The average Bonchev–Trinajstić information content (AvgIpc) is 2.59. The SMILES string of the molecule is Cc1cc(Br)c(F)cc1N1CCCNC(C(C)C)C1. The van der Waals surface area contributed by atoms with Crippen LogP contribution in [0.25, 0.3) is 0 Å². The summed E-state index contributed by atoms with van der Waals surface area (Å²) in [6.45, 7) is 9.48. The molecule has 1 aromatic carbocycles. The van der Waals surface area contributed by atoms with Gasteiger partial charge < -0.3 is 10.2 Å². The molecule has 0 radical (unpaired) electrons. The molecule has 1 aliphatic rings. The average molecular weight is 329 g/mol. The summed E-state index contributed by atoms with van der Waals surface area (Å²) in [7, 11) is 0. The van der Waals surface area contributed by atoms with E-state index < -0.39 is 0 Å². The lowest BCUT2D eigenvalue weighted by Crippen LogP contribution is -2.41. The van der Waals surface area contributed by atoms with Gasteiger partial charge in [-0.15, -0.1) is 0 Å². The third kappa shape index (κ3) is 3.48. The summed E-state index contributed by atoms with van der Waals surface area (Å²) in [6.07, 6.45) is 1.10. The minimum atomic E-state index is -0.182. The van der Waals surface area contributed by atoms with E-state index in [2.05, 4.69) is 40.0 Å². The summed E-state index contributed by atoms with van der Waals surface area (Å²) in [5.41, 5.74) is 2.15. The quantitative estimate of drug-likeness (QED) is 0.890. The van der Waals surface area contributed by atoms with Gasteiger partial charge in [-0.2, -0.15) is 0 Å². The minimum absolute atomic E-state index is 0.182. The van der Waals surface area contributed by atoms with Gasteiger partial charge >= 0.3 is 0 Å². The Balaban J connectivity index is 2.26. The Hall–Kier alpha value is -0.610. The van der Waals surface area contributed by atoms with Crippen LogP contribution in [0.1, 0.15) is 25.8 Å². The van der Waals surface area contributed by atoms with E-state index in [-0.39, 0.29) is 5.82 Å². The summed E-state index contributed by atoms with van der Waals surface area (Å²) in [4.78, 5) is 2.32. The highest BCUT2D eigenvalue weighted by Crippen LogP contribution is 2.28. The van der Waals surface area contributed by atoms with E-state index in [1.807, 2.05) is 13.0 Å². The zero-order chi connectivity index (χ0) is 14.0. The van der Waals surface area contributed by atoms with Crippen molar-refractivity contribution in [2.45, 2.75) is 33.2 Å². The van der Waals surface area contributed by atoms with Crippen molar-refractivity contribution in [1.29, 1.82) is 0 Å². The van der Waals surface area contributed by atoms with Crippen molar-refractivity contribution in [3.05, 3.63) is 28.0 Å². The predicted octanol–water partition coefficient (Wildman–Crippen LogP) is 3.72. The van der Waals surface area contributed by atoms with Crippen molar-refractivity contribution in [3.63, 3.8) is 0 Å². The van der Waals surface area contributed by atoms with Crippen LogP contribution in [0.2, 0.25) is 0 Å². The third-order valence-corrected chi connectivity index (χ3v) is 4.42. The second-order valence-corrected chi connectivity index (χ2v) is 6.51. The molecule has 2 nitrogen and oxygen atoms in total. The van der Waals surface area contributed by atoms with Gasteiger partial charge in [0, 0.05) is 24.8 Å². The highest BCUT2D eigenvalue weighted by atomic mass is 79.9. The highest BCUT2D eigenvalue weighted by Gasteiger charge is 2.22. The van der Waals surface area contributed by atoms with Crippen molar-refractivity contribution in [3.8, 4) is 0 Å². The molecule has 0 saturated carbocycles. The fraction of sp³-hybridized carbons (Fsp3) is 0.600. The maximum atomic E-state index is 13.8. The molecular weight excluding hydrogens is 307 g/mol. The van der Waals surface area contributed by atoms with Crippen LogP contribution in [0, 0.1) is 18.7 Å². The Morgan fingerprint density at radius 2 is 2.16 bits per heavy atom. The Labute approximate surface area is 123 Å². The zero-order valence-corrected chi connectivity index (χ0v) is 13.4. The molecule has 19 heavy (non-hydrogen) atoms.